The van der Waals surface area contributed by atoms with E-state index in [1.54, 1.807) is 12.1 Å². The van der Waals surface area contributed by atoms with Gasteiger partial charge in [0.2, 0.25) is 0 Å². The zero-order valence-corrected chi connectivity index (χ0v) is 14.4. The lowest BCUT2D eigenvalue weighted by Crippen LogP contribution is -2.42. The number of nitrogens with zero attached hydrogens (tertiary/aromatic N) is 2. The second kappa shape index (κ2) is 7.04. The van der Waals surface area contributed by atoms with E-state index >= 15 is 0 Å². The number of likely N-dealkylation sites (tertiary alicyclic amines) is 1. The Kier molecular flexibility index (Phi) is 4.61. The van der Waals surface area contributed by atoms with E-state index in [0.29, 0.717) is 17.2 Å². The van der Waals surface area contributed by atoms with E-state index in [-0.39, 0.29) is 0 Å². The number of piperidine rings is 1. The molecule has 2 fully saturated rings. The highest BCUT2D eigenvalue weighted by molar-refractivity contribution is 5.83. The third-order valence-electron chi connectivity index (χ3n) is 5.70. The molecular weight excluding hydrogens is 318 g/mol. The number of hydrogen-bond acceptors (Lipinski definition) is 4. The van der Waals surface area contributed by atoms with Crippen molar-refractivity contribution in [3.8, 4) is 5.75 Å². The van der Waals surface area contributed by atoms with Crippen molar-refractivity contribution in [3.63, 3.8) is 0 Å². The summed E-state index contributed by atoms with van der Waals surface area (Å²) in [6.45, 7) is 2.26. The van der Waals surface area contributed by atoms with Crippen LogP contribution in [0.25, 0.3) is 11.0 Å². The van der Waals surface area contributed by atoms with E-state index in [4.69, 9.17) is 9.84 Å². The van der Waals surface area contributed by atoms with E-state index in [0.717, 1.165) is 43.3 Å². The number of carboxylic acid groups (broad SMARTS) is 1. The van der Waals surface area contributed by atoms with Crippen molar-refractivity contribution in [2.45, 2.75) is 56.9 Å². The molecule has 1 aliphatic heterocycles. The van der Waals surface area contributed by atoms with Gasteiger partial charge in [0.15, 0.2) is 5.75 Å². The molecule has 0 amide bonds. The molecule has 1 aromatic carbocycles. The fourth-order valence-electron chi connectivity index (χ4n) is 4.38. The molecule has 6 nitrogen and oxygen atoms in total. The number of imidazole rings is 1. The average molecular weight is 343 g/mol. The molecule has 1 saturated heterocycles. The summed E-state index contributed by atoms with van der Waals surface area (Å²) in [5.41, 5.74) is 1.44. The van der Waals surface area contributed by atoms with Crippen LogP contribution in [0.3, 0.4) is 0 Å². The number of rotatable bonds is 3. The maximum Gasteiger partial charge on any atom is 0.511 e. The number of ether oxygens (including phenoxy) is 1. The second-order valence-corrected chi connectivity index (χ2v) is 7.24. The highest BCUT2D eigenvalue weighted by Gasteiger charge is 2.28. The van der Waals surface area contributed by atoms with Crippen LogP contribution in [0.5, 0.6) is 5.75 Å². The second-order valence-electron chi connectivity index (χ2n) is 7.24. The summed E-state index contributed by atoms with van der Waals surface area (Å²) in [6, 6.07) is 6.12. The quantitative estimate of drug-likeness (QED) is 0.647. The molecule has 1 saturated carbocycles. The molecule has 2 N–H and O–H groups in total. The van der Waals surface area contributed by atoms with E-state index in [2.05, 4.69) is 14.9 Å². The molecule has 1 aromatic heterocycles. The van der Waals surface area contributed by atoms with Crippen molar-refractivity contribution in [2.75, 3.05) is 13.1 Å². The summed E-state index contributed by atoms with van der Waals surface area (Å²) < 4.78 is 4.85. The summed E-state index contributed by atoms with van der Waals surface area (Å²) in [4.78, 5) is 21.5. The Labute approximate surface area is 147 Å². The van der Waals surface area contributed by atoms with Crippen LogP contribution in [-0.4, -0.2) is 45.3 Å². The molecule has 134 valence electrons. The van der Waals surface area contributed by atoms with Gasteiger partial charge in [0.05, 0.1) is 5.52 Å². The maximum absolute atomic E-state index is 10.8. The van der Waals surface area contributed by atoms with Gasteiger partial charge in [-0.05, 0) is 50.9 Å². The van der Waals surface area contributed by atoms with Crippen LogP contribution in [0.1, 0.15) is 56.7 Å². The van der Waals surface area contributed by atoms with Crippen LogP contribution in [0, 0.1) is 0 Å². The molecule has 6 heteroatoms. The van der Waals surface area contributed by atoms with Gasteiger partial charge < -0.3 is 19.7 Å². The van der Waals surface area contributed by atoms with E-state index in [9.17, 15) is 4.79 Å². The van der Waals surface area contributed by atoms with Gasteiger partial charge in [-0.3, -0.25) is 0 Å². The van der Waals surface area contributed by atoms with Crippen LogP contribution < -0.4 is 4.74 Å². The molecule has 2 heterocycles. The number of benzene rings is 1. The Morgan fingerprint density at radius 1 is 1.16 bits per heavy atom. The first-order chi connectivity index (χ1) is 12.2. The third kappa shape index (κ3) is 3.49. The molecule has 0 atom stereocenters. The Morgan fingerprint density at radius 2 is 1.92 bits per heavy atom. The van der Waals surface area contributed by atoms with Gasteiger partial charge in [-0.15, -0.1) is 0 Å². The van der Waals surface area contributed by atoms with Crippen molar-refractivity contribution < 1.29 is 14.6 Å². The first-order valence-corrected chi connectivity index (χ1v) is 9.34. The molecule has 25 heavy (non-hydrogen) atoms. The van der Waals surface area contributed by atoms with Gasteiger partial charge in [0.1, 0.15) is 11.3 Å². The summed E-state index contributed by atoms with van der Waals surface area (Å²) in [7, 11) is 0. The Bertz CT molecular complexity index is 743. The lowest BCUT2D eigenvalue weighted by Gasteiger charge is -2.38. The van der Waals surface area contributed by atoms with Crippen LogP contribution in [-0.2, 0) is 0 Å². The SMILES string of the molecule is O=C(O)Oc1cccc2[nH]c(C3CCN(C4CCCCC4)CC3)nc12. The lowest BCUT2D eigenvalue weighted by atomic mass is 9.90. The third-order valence-corrected chi connectivity index (χ3v) is 5.70. The number of nitrogens with one attached hydrogen (secondary N) is 1. The van der Waals surface area contributed by atoms with Gasteiger partial charge in [0.25, 0.3) is 0 Å². The number of fused-ring (bicyclic) bond motifs is 1. The normalized spacial score (nSPS) is 20.8. The maximum atomic E-state index is 10.8. The van der Waals surface area contributed by atoms with Crippen molar-refractivity contribution in [2.24, 2.45) is 0 Å². The standard InChI is InChI=1S/C19H25N3O3/c23-19(24)25-16-8-4-7-15-17(16)21-18(20-15)13-9-11-22(12-10-13)14-5-2-1-3-6-14/h4,7-8,13-14H,1-3,5-6,9-12H2,(H,20,21)(H,23,24). The molecule has 1 aliphatic carbocycles. The number of H-pyrrole nitrogens is 1. The van der Waals surface area contributed by atoms with Crippen LogP contribution >= 0.6 is 0 Å². The number of aromatic nitrogens is 2. The van der Waals surface area contributed by atoms with E-state index < -0.39 is 6.16 Å². The number of carbonyl (C=O) groups is 1. The first kappa shape index (κ1) is 16.4. The number of para-hydroxylation sites is 1. The fourth-order valence-corrected chi connectivity index (χ4v) is 4.38. The molecule has 0 spiro atoms. The minimum absolute atomic E-state index is 0.298. The predicted octanol–water partition coefficient (Wildman–Crippen LogP) is 4.13. The molecule has 0 unspecified atom stereocenters. The van der Waals surface area contributed by atoms with Crippen molar-refractivity contribution in [3.05, 3.63) is 24.0 Å². The summed E-state index contributed by atoms with van der Waals surface area (Å²) >= 11 is 0. The Morgan fingerprint density at radius 3 is 2.64 bits per heavy atom. The first-order valence-electron chi connectivity index (χ1n) is 9.34. The van der Waals surface area contributed by atoms with E-state index in [1.807, 2.05) is 6.07 Å². The summed E-state index contributed by atoms with van der Waals surface area (Å²) in [6.07, 6.45) is 7.75. The number of hydrogen-bond donors (Lipinski definition) is 2. The van der Waals surface area contributed by atoms with Crippen LogP contribution in [0.4, 0.5) is 4.79 Å². The highest BCUT2D eigenvalue weighted by Crippen LogP contribution is 2.33. The monoisotopic (exact) mass is 343 g/mol. The summed E-state index contributed by atoms with van der Waals surface area (Å²) in [5, 5.41) is 8.87. The summed E-state index contributed by atoms with van der Waals surface area (Å²) in [5.74, 6) is 1.66. The average Bonchev–Trinajstić information content (AvgIpc) is 3.08. The lowest BCUT2D eigenvalue weighted by molar-refractivity contribution is 0.121. The molecule has 0 radical (unpaired) electrons. The Hall–Kier alpha value is -2.08. The van der Waals surface area contributed by atoms with Gasteiger partial charge >= 0.3 is 6.16 Å². The molecular formula is C19H25N3O3. The Balaban J connectivity index is 1.46. The van der Waals surface area contributed by atoms with Crippen LogP contribution in [0.15, 0.2) is 18.2 Å². The highest BCUT2D eigenvalue weighted by atomic mass is 16.7. The van der Waals surface area contributed by atoms with Crippen molar-refractivity contribution >= 4 is 17.2 Å². The molecule has 4 rings (SSSR count). The van der Waals surface area contributed by atoms with Crippen molar-refractivity contribution in [1.82, 2.24) is 14.9 Å². The number of aromatic amines is 1. The predicted molar refractivity (Wildman–Crippen MR) is 95.2 cm³/mol. The van der Waals surface area contributed by atoms with Gasteiger partial charge in [-0.25, -0.2) is 9.78 Å². The van der Waals surface area contributed by atoms with Gasteiger partial charge in [0, 0.05) is 12.0 Å². The van der Waals surface area contributed by atoms with Crippen LogP contribution in [0.2, 0.25) is 0 Å². The molecule has 2 aliphatic rings. The van der Waals surface area contributed by atoms with Gasteiger partial charge in [-0.1, -0.05) is 25.3 Å². The zero-order chi connectivity index (χ0) is 17.2. The minimum Gasteiger partial charge on any atom is -0.449 e. The van der Waals surface area contributed by atoms with Crippen molar-refractivity contribution in [1.29, 1.82) is 0 Å². The fraction of sp³-hybridized carbons (Fsp3) is 0.579. The largest absolute Gasteiger partial charge is 0.511 e. The molecule has 0 bridgehead atoms. The molecule has 2 aromatic rings. The minimum atomic E-state index is -1.31. The van der Waals surface area contributed by atoms with Gasteiger partial charge in [-0.2, -0.15) is 0 Å². The smallest absolute Gasteiger partial charge is 0.449 e. The zero-order valence-electron chi connectivity index (χ0n) is 14.4. The topological polar surface area (TPSA) is 78.5 Å². The van der Waals surface area contributed by atoms with E-state index in [1.165, 1.54) is 32.1 Å².